The van der Waals surface area contributed by atoms with Gasteiger partial charge in [0.2, 0.25) is 11.8 Å². The molecule has 2 rings (SSSR count). The monoisotopic (exact) mass is 364 g/mol. The first kappa shape index (κ1) is 18.7. The summed E-state index contributed by atoms with van der Waals surface area (Å²) < 4.78 is 18.5. The van der Waals surface area contributed by atoms with Gasteiger partial charge in [0.05, 0.1) is 24.2 Å². The zero-order valence-electron chi connectivity index (χ0n) is 13.9. The lowest BCUT2D eigenvalue weighted by Gasteiger charge is -2.11. The zero-order chi connectivity index (χ0) is 18.4. The molecule has 0 saturated heterocycles. The molecule has 2 amide bonds. The van der Waals surface area contributed by atoms with Crippen molar-refractivity contribution >= 4 is 34.8 Å². The third kappa shape index (κ3) is 5.19. The second kappa shape index (κ2) is 8.48. The van der Waals surface area contributed by atoms with Crippen molar-refractivity contribution in [2.75, 3.05) is 17.7 Å². The first-order chi connectivity index (χ1) is 11.9. The van der Waals surface area contributed by atoms with E-state index in [4.69, 9.17) is 16.3 Å². The molecule has 0 heterocycles. The van der Waals surface area contributed by atoms with Gasteiger partial charge in [0.1, 0.15) is 0 Å². The number of benzene rings is 2. The number of ether oxygens (including phenoxy) is 1. The van der Waals surface area contributed by atoms with Crippen LogP contribution >= 0.6 is 11.6 Å². The highest BCUT2D eigenvalue weighted by atomic mass is 35.5. The number of methoxy groups -OCH3 is 1. The summed E-state index contributed by atoms with van der Waals surface area (Å²) in [4.78, 5) is 23.6. The third-order valence-electron chi connectivity index (χ3n) is 3.43. The maximum Gasteiger partial charge on any atom is 0.228 e. The van der Waals surface area contributed by atoms with E-state index in [-0.39, 0.29) is 24.0 Å². The Labute approximate surface area is 150 Å². The Balaban J connectivity index is 2.08. The van der Waals surface area contributed by atoms with Crippen molar-refractivity contribution in [3.8, 4) is 5.75 Å². The van der Waals surface area contributed by atoms with Crippen LogP contribution in [0.1, 0.15) is 18.9 Å². The van der Waals surface area contributed by atoms with Gasteiger partial charge in [0.25, 0.3) is 0 Å². The minimum Gasteiger partial charge on any atom is -0.494 e. The number of nitrogens with one attached hydrogen (secondary N) is 2. The quantitative estimate of drug-likeness (QED) is 0.813. The molecule has 2 N–H and O–H groups in total. The molecule has 0 bridgehead atoms. The molecule has 7 heteroatoms. The number of amides is 2. The standard InChI is InChI=1S/C18H18ClFN2O3/c1-3-17(23)21-12-5-6-13(19)15(10-12)22-18(24)9-11-4-7-16(25-2)14(20)8-11/h4-8,10H,3,9H2,1-2H3,(H,21,23)(H,22,24). The minimum atomic E-state index is -0.532. The van der Waals surface area contributed by atoms with Crippen LogP contribution in [0, 0.1) is 5.82 Å². The number of rotatable bonds is 6. The summed E-state index contributed by atoms with van der Waals surface area (Å²) in [5.74, 6) is -0.916. The first-order valence-electron chi connectivity index (χ1n) is 7.64. The lowest BCUT2D eigenvalue weighted by molar-refractivity contribution is -0.116. The van der Waals surface area contributed by atoms with Gasteiger partial charge in [-0.15, -0.1) is 0 Å². The van der Waals surface area contributed by atoms with Crippen molar-refractivity contribution in [2.24, 2.45) is 0 Å². The molecule has 0 radical (unpaired) electrons. The average Bonchev–Trinajstić information content (AvgIpc) is 2.58. The topological polar surface area (TPSA) is 67.4 Å². The van der Waals surface area contributed by atoms with E-state index >= 15 is 0 Å². The van der Waals surface area contributed by atoms with E-state index in [1.165, 1.54) is 19.2 Å². The Hall–Kier alpha value is -2.60. The molecule has 5 nitrogen and oxygen atoms in total. The van der Waals surface area contributed by atoms with Crippen molar-refractivity contribution in [3.05, 3.63) is 52.8 Å². The molecule has 2 aromatic rings. The van der Waals surface area contributed by atoms with Gasteiger partial charge in [-0.05, 0) is 35.9 Å². The SMILES string of the molecule is CCC(=O)Nc1ccc(Cl)c(NC(=O)Cc2ccc(OC)c(F)c2)c1. The molecular weight excluding hydrogens is 347 g/mol. The highest BCUT2D eigenvalue weighted by Gasteiger charge is 2.11. The molecular formula is C18H18ClFN2O3. The van der Waals surface area contributed by atoms with E-state index in [2.05, 4.69) is 10.6 Å². The van der Waals surface area contributed by atoms with Crippen LogP contribution in [0.5, 0.6) is 5.75 Å². The van der Waals surface area contributed by atoms with E-state index in [9.17, 15) is 14.0 Å². The van der Waals surface area contributed by atoms with Crippen molar-refractivity contribution in [3.63, 3.8) is 0 Å². The lowest BCUT2D eigenvalue weighted by Crippen LogP contribution is -2.15. The molecule has 0 spiro atoms. The Morgan fingerprint density at radius 2 is 1.88 bits per heavy atom. The average molecular weight is 365 g/mol. The highest BCUT2D eigenvalue weighted by molar-refractivity contribution is 6.33. The van der Waals surface area contributed by atoms with Crippen LogP contribution in [0.3, 0.4) is 0 Å². The highest BCUT2D eigenvalue weighted by Crippen LogP contribution is 2.26. The summed E-state index contributed by atoms with van der Waals surface area (Å²) >= 11 is 6.07. The van der Waals surface area contributed by atoms with Gasteiger partial charge in [-0.2, -0.15) is 0 Å². The number of anilines is 2. The van der Waals surface area contributed by atoms with Crippen LogP contribution in [0.2, 0.25) is 5.02 Å². The Morgan fingerprint density at radius 1 is 1.12 bits per heavy atom. The molecule has 0 aliphatic heterocycles. The summed E-state index contributed by atoms with van der Waals surface area (Å²) in [5.41, 5.74) is 1.40. The maximum absolute atomic E-state index is 13.7. The number of hydrogen-bond acceptors (Lipinski definition) is 3. The van der Waals surface area contributed by atoms with E-state index < -0.39 is 5.82 Å². The second-order valence-electron chi connectivity index (χ2n) is 5.29. The van der Waals surface area contributed by atoms with Crippen molar-refractivity contribution in [2.45, 2.75) is 19.8 Å². The fraction of sp³-hybridized carbons (Fsp3) is 0.222. The fourth-order valence-electron chi connectivity index (χ4n) is 2.15. The molecule has 132 valence electrons. The molecule has 0 aliphatic rings. The van der Waals surface area contributed by atoms with Gasteiger partial charge in [-0.25, -0.2) is 4.39 Å². The van der Waals surface area contributed by atoms with Gasteiger partial charge in [0.15, 0.2) is 11.6 Å². The molecule has 0 aromatic heterocycles. The van der Waals surface area contributed by atoms with Crippen LogP contribution in [0.4, 0.5) is 15.8 Å². The van der Waals surface area contributed by atoms with Gasteiger partial charge in [-0.3, -0.25) is 9.59 Å². The molecule has 0 unspecified atom stereocenters. The van der Waals surface area contributed by atoms with Crippen molar-refractivity contribution < 1.29 is 18.7 Å². The summed E-state index contributed by atoms with van der Waals surface area (Å²) in [6.45, 7) is 1.74. The third-order valence-corrected chi connectivity index (χ3v) is 3.76. The minimum absolute atomic E-state index is 0.0250. The van der Waals surface area contributed by atoms with Gasteiger partial charge < -0.3 is 15.4 Å². The molecule has 0 fully saturated rings. The Bertz CT molecular complexity index is 796. The van der Waals surface area contributed by atoms with Crippen LogP contribution in [-0.2, 0) is 16.0 Å². The van der Waals surface area contributed by atoms with Gasteiger partial charge >= 0.3 is 0 Å². The number of hydrogen-bond donors (Lipinski definition) is 2. The Morgan fingerprint density at radius 3 is 2.52 bits per heavy atom. The van der Waals surface area contributed by atoms with Crippen LogP contribution in [-0.4, -0.2) is 18.9 Å². The predicted molar refractivity (Wildman–Crippen MR) is 95.7 cm³/mol. The van der Waals surface area contributed by atoms with Crippen LogP contribution in [0.15, 0.2) is 36.4 Å². The summed E-state index contributed by atoms with van der Waals surface area (Å²) in [7, 11) is 1.37. The fourth-order valence-corrected chi connectivity index (χ4v) is 2.31. The van der Waals surface area contributed by atoms with Crippen LogP contribution < -0.4 is 15.4 Å². The van der Waals surface area contributed by atoms with Crippen LogP contribution in [0.25, 0.3) is 0 Å². The zero-order valence-corrected chi connectivity index (χ0v) is 14.6. The molecule has 25 heavy (non-hydrogen) atoms. The smallest absolute Gasteiger partial charge is 0.228 e. The summed E-state index contributed by atoms with van der Waals surface area (Å²) in [5, 5.41) is 5.69. The van der Waals surface area contributed by atoms with Gasteiger partial charge in [-0.1, -0.05) is 24.6 Å². The molecule has 2 aromatic carbocycles. The largest absolute Gasteiger partial charge is 0.494 e. The predicted octanol–water partition coefficient (Wildman–Crippen LogP) is 4.02. The lowest BCUT2D eigenvalue weighted by atomic mass is 10.1. The normalized spacial score (nSPS) is 10.2. The Kier molecular flexibility index (Phi) is 6.36. The van der Waals surface area contributed by atoms with E-state index in [0.29, 0.717) is 28.4 Å². The first-order valence-corrected chi connectivity index (χ1v) is 8.02. The second-order valence-corrected chi connectivity index (χ2v) is 5.70. The number of carbonyl (C=O) groups excluding carboxylic acids is 2. The van der Waals surface area contributed by atoms with E-state index in [1.807, 2.05) is 0 Å². The summed E-state index contributed by atoms with van der Waals surface area (Å²) in [6.07, 6.45) is 0.316. The molecule has 0 atom stereocenters. The summed E-state index contributed by atoms with van der Waals surface area (Å²) in [6, 6.07) is 9.12. The van der Waals surface area contributed by atoms with Gasteiger partial charge in [0, 0.05) is 12.1 Å². The van der Waals surface area contributed by atoms with Crippen molar-refractivity contribution in [1.29, 1.82) is 0 Å². The number of halogens is 2. The van der Waals surface area contributed by atoms with E-state index in [0.717, 1.165) is 0 Å². The maximum atomic E-state index is 13.7. The molecule has 0 saturated carbocycles. The van der Waals surface area contributed by atoms with Crippen molar-refractivity contribution in [1.82, 2.24) is 0 Å². The number of carbonyl (C=O) groups is 2. The van der Waals surface area contributed by atoms with E-state index in [1.54, 1.807) is 31.2 Å². The molecule has 0 aliphatic carbocycles.